The predicted octanol–water partition coefficient (Wildman–Crippen LogP) is 2.51. The topological polar surface area (TPSA) is 68.7 Å². The van der Waals surface area contributed by atoms with E-state index in [0.717, 1.165) is 0 Å². The fraction of sp³-hybridized carbons (Fsp3) is 0.143. The van der Waals surface area contributed by atoms with Gasteiger partial charge in [-0.2, -0.15) is 0 Å². The molecule has 0 saturated heterocycles. The number of ether oxygens (including phenoxy) is 2. The summed E-state index contributed by atoms with van der Waals surface area (Å²) in [4.78, 5) is 14.8. The summed E-state index contributed by atoms with van der Waals surface area (Å²) in [6.45, 7) is 0. The van der Waals surface area contributed by atoms with E-state index in [9.17, 15) is 4.79 Å². The summed E-state index contributed by atoms with van der Waals surface area (Å²) in [5.74, 6) is 0.603. The lowest BCUT2D eigenvalue weighted by Gasteiger charge is -2.09. The maximum absolute atomic E-state index is 10.8. The third kappa shape index (κ3) is 3.45. The van der Waals surface area contributed by atoms with Crippen molar-refractivity contribution in [3.63, 3.8) is 0 Å². The molecule has 5 heteroatoms. The molecule has 1 aromatic carbocycles. The van der Waals surface area contributed by atoms with Crippen molar-refractivity contribution < 1.29 is 19.4 Å². The van der Waals surface area contributed by atoms with E-state index in [-0.39, 0.29) is 6.42 Å². The maximum atomic E-state index is 10.8. The first-order chi connectivity index (χ1) is 9.19. The highest BCUT2D eigenvalue weighted by molar-refractivity contribution is 5.71. The third-order valence-corrected chi connectivity index (χ3v) is 2.47. The zero-order valence-corrected chi connectivity index (χ0v) is 10.4. The molecule has 1 N–H and O–H groups in total. The number of nitrogens with zero attached hydrogens (tertiary/aromatic N) is 1. The first kappa shape index (κ1) is 12.9. The lowest BCUT2D eigenvalue weighted by Crippen LogP contribution is -2.02. The first-order valence-electron chi connectivity index (χ1n) is 5.66. The summed E-state index contributed by atoms with van der Waals surface area (Å²) < 4.78 is 10.6. The van der Waals surface area contributed by atoms with Crippen LogP contribution in [-0.2, 0) is 11.2 Å². The van der Waals surface area contributed by atoms with Gasteiger partial charge in [0.05, 0.1) is 19.7 Å². The number of benzene rings is 1. The van der Waals surface area contributed by atoms with E-state index in [1.807, 2.05) is 0 Å². The Morgan fingerprint density at radius 2 is 2.05 bits per heavy atom. The molecule has 0 saturated carbocycles. The van der Waals surface area contributed by atoms with Crippen molar-refractivity contribution in [2.24, 2.45) is 0 Å². The molecule has 1 heterocycles. The van der Waals surface area contributed by atoms with Gasteiger partial charge in [-0.15, -0.1) is 0 Å². The fourth-order valence-electron chi connectivity index (χ4n) is 1.57. The van der Waals surface area contributed by atoms with Gasteiger partial charge in [-0.3, -0.25) is 4.79 Å². The van der Waals surface area contributed by atoms with Gasteiger partial charge in [0.1, 0.15) is 11.5 Å². The summed E-state index contributed by atoms with van der Waals surface area (Å²) in [6, 6.07) is 10.4. The molecule has 2 rings (SSSR count). The fourth-order valence-corrected chi connectivity index (χ4v) is 1.57. The largest absolute Gasteiger partial charge is 0.495 e. The van der Waals surface area contributed by atoms with Crippen LogP contribution in [0.1, 0.15) is 5.56 Å². The van der Waals surface area contributed by atoms with Crippen LogP contribution in [0.5, 0.6) is 17.4 Å². The molecule has 5 nitrogen and oxygen atoms in total. The Bertz CT molecular complexity index is 566. The number of rotatable bonds is 5. The normalized spacial score (nSPS) is 9.95. The Hall–Kier alpha value is -2.56. The van der Waals surface area contributed by atoms with Crippen molar-refractivity contribution in [1.29, 1.82) is 0 Å². The highest BCUT2D eigenvalue weighted by Crippen LogP contribution is 2.25. The van der Waals surface area contributed by atoms with Gasteiger partial charge in [0.15, 0.2) is 0 Å². The van der Waals surface area contributed by atoms with Gasteiger partial charge in [0.25, 0.3) is 0 Å². The highest BCUT2D eigenvalue weighted by Gasteiger charge is 2.08. The number of para-hydroxylation sites is 1. The molecular formula is C14H13NO4. The monoisotopic (exact) mass is 259 g/mol. The van der Waals surface area contributed by atoms with Crippen LogP contribution in [-0.4, -0.2) is 23.2 Å². The molecule has 0 radical (unpaired) electrons. The van der Waals surface area contributed by atoms with Crippen molar-refractivity contribution in [2.75, 3.05) is 7.11 Å². The van der Waals surface area contributed by atoms with Crippen LogP contribution in [0.25, 0.3) is 0 Å². The summed E-state index contributed by atoms with van der Waals surface area (Å²) in [7, 11) is 1.56. The number of methoxy groups -OCH3 is 1. The second-order valence-corrected chi connectivity index (χ2v) is 3.82. The molecule has 0 amide bonds. The van der Waals surface area contributed by atoms with Gasteiger partial charge in [0.2, 0.25) is 5.88 Å². The number of carboxylic acid groups (broad SMARTS) is 1. The van der Waals surface area contributed by atoms with Gasteiger partial charge < -0.3 is 14.6 Å². The van der Waals surface area contributed by atoms with E-state index >= 15 is 0 Å². The van der Waals surface area contributed by atoms with Crippen molar-refractivity contribution in [1.82, 2.24) is 4.98 Å². The SMILES string of the molecule is COc1ccc(Oc2ccccc2CC(=O)O)nc1. The number of pyridine rings is 1. The zero-order valence-electron chi connectivity index (χ0n) is 10.4. The lowest BCUT2D eigenvalue weighted by atomic mass is 10.1. The standard InChI is InChI=1S/C14H13NO4/c1-18-11-6-7-13(15-9-11)19-12-5-3-2-4-10(12)8-14(16)17/h2-7,9H,8H2,1H3,(H,16,17). The molecule has 0 aliphatic heterocycles. The Balaban J connectivity index is 2.19. The molecule has 0 fully saturated rings. The number of hydrogen-bond donors (Lipinski definition) is 1. The molecule has 1 aromatic heterocycles. The molecule has 0 spiro atoms. The van der Waals surface area contributed by atoms with E-state index in [0.29, 0.717) is 22.9 Å². The Morgan fingerprint density at radius 3 is 2.68 bits per heavy atom. The minimum Gasteiger partial charge on any atom is -0.495 e. The molecule has 98 valence electrons. The van der Waals surface area contributed by atoms with E-state index in [1.165, 1.54) is 6.20 Å². The molecule has 0 aliphatic rings. The van der Waals surface area contributed by atoms with Crippen molar-refractivity contribution in [2.45, 2.75) is 6.42 Å². The van der Waals surface area contributed by atoms with Gasteiger partial charge in [-0.25, -0.2) is 4.98 Å². The maximum Gasteiger partial charge on any atom is 0.307 e. The summed E-state index contributed by atoms with van der Waals surface area (Å²) >= 11 is 0. The minimum absolute atomic E-state index is 0.0909. The van der Waals surface area contributed by atoms with Crippen LogP contribution in [0.15, 0.2) is 42.6 Å². The molecule has 0 bridgehead atoms. The van der Waals surface area contributed by atoms with Gasteiger partial charge >= 0.3 is 5.97 Å². The summed E-state index contributed by atoms with van der Waals surface area (Å²) in [6.07, 6.45) is 1.45. The van der Waals surface area contributed by atoms with Gasteiger partial charge in [-0.1, -0.05) is 18.2 Å². The van der Waals surface area contributed by atoms with Crippen LogP contribution < -0.4 is 9.47 Å². The number of carboxylic acids is 1. The first-order valence-corrected chi connectivity index (χ1v) is 5.66. The van der Waals surface area contributed by atoms with E-state index in [4.69, 9.17) is 14.6 Å². The van der Waals surface area contributed by atoms with Gasteiger partial charge in [-0.05, 0) is 12.1 Å². The number of carbonyl (C=O) groups is 1. The van der Waals surface area contributed by atoms with Crippen LogP contribution in [0.3, 0.4) is 0 Å². The molecule has 2 aromatic rings. The molecule has 19 heavy (non-hydrogen) atoms. The van der Waals surface area contributed by atoms with Crippen LogP contribution in [0.4, 0.5) is 0 Å². The van der Waals surface area contributed by atoms with Crippen molar-refractivity contribution in [3.05, 3.63) is 48.2 Å². The van der Waals surface area contributed by atoms with Crippen molar-refractivity contribution in [3.8, 4) is 17.4 Å². The van der Waals surface area contributed by atoms with E-state index in [2.05, 4.69) is 4.98 Å². The Kier molecular flexibility index (Phi) is 3.97. The number of aliphatic carboxylic acids is 1. The predicted molar refractivity (Wildman–Crippen MR) is 68.6 cm³/mol. The highest BCUT2D eigenvalue weighted by atomic mass is 16.5. The Labute approximate surface area is 110 Å². The minimum atomic E-state index is -0.904. The Morgan fingerprint density at radius 1 is 1.26 bits per heavy atom. The van der Waals surface area contributed by atoms with Crippen LogP contribution >= 0.6 is 0 Å². The average Bonchev–Trinajstić information content (AvgIpc) is 2.41. The molecular weight excluding hydrogens is 246 g/mol. The summed E-state index contributed by atoms with van der Waals surface area (Å²) in [5, 5.41) is 8.84. The number of hydrogen-bond acceptors (Lipinski definition) is 4. The smallest absolute Gasteiger partial charge is 0.307 e. The second kappa shape index (κ2) is 5.86. The van der Waals surface area contributed by atoms with Gasteiger partial charge in [0, 0.05) is 11.6 Å². The number of aromatic nitrogens is 1. The molecule has 0 atom stereocenters. The van der Waals surface area contributed by atoms with Crippen molar-refractivity contribution >= 4 is 5.97 Å². The molecule has 0 aliphatic carbocycles. The summed E-state index contributed by atoms with van der Waals surface area (Å²) in [5.41, 5.74) is 0.604. The zero-order chi connectivity index (χ0) is 13.7. The average molecular weight is 259 g/mol. The van der Waals surface area contributed by atoms with E-state index in [1.54, 1.807) is 43.5 Å². The van der Waals surface area contributed by atoms with E-state index < -0.39 is 5.97 Å². The molecule has 0 unspecified atom stereocenters. The van der Waals surface area contributed by atoms with Crippen LogP contribution in [0, 0.1) is 0 Å². The van der Waals surface area contributed by atoms with Crippen LogP contribution in [0.2, 0.25) is 0 Å². The third-order valence-electron chi connectivity index (χ3n) is 2.47. The second-order valence-electron chi connectivity index (χ2n) is 3.82. The lowest BCUT2D eigenvalue weighted by molar-refractivity contribution is -0.136. The quantitative estimate of drug-likeness (QED) is 0.893.